The van der Waals surface area contributed by atoms with E-state index in [-0.39, 0.29) is 11.3 Å². The third kappa shape index (κ3) is 4.62. The van der Waals surface area contributed by atoms with Crippen molar-refractivity contribution in [3.05, 3.63) is 42.5 Å². The maximum absolute atomic E-state index is 13.2. The molecule has 1 heterocycles. The van der Waals surface area contributed by atoms with Crippen LogP contribution in [-0.2, 0) is 19.1 Å². The summed E-state index contributed by atoms with van der Waals surface area (Å²) in [5.41, 5.74) is -0.489. The number of rotatable bonds is 5. The van der Waals surface area contributed by atoms with Gasteiger partial charge in [0.25, 0.3) is 11.8 Å². The lowest BCUT2D eigenvalue weighted by Gasteiger charge is -2.43. The van der Waals surface area contributed by atoms with E-state index in [0.717, 1.165) is 22.1 Å². The van der Waals surface area contributed by atoms with E-state index in [1.165, 1.54) is 6.92 Å². The molecule has 2 aromatic carbocycles. The zero-order valence-corrected chi connectivity index (χ0v) is 20.0. The van der Waals surface area contributed by atoms with Gasteiger partial charge in [-0.15, -0.1) is 0 Å². The highest BCUT2D eigenvalue weighted by molar-refractivity contribution is 6.09. The number of anilines is 1. The number of amides is 4. The Morgan fingerprint density at radius 2 is 1.85 bits per heavy atom. The van der Waals surface area contributed by atoms with Crippen molar-refractivity contribution in [2.24, 2.45) is 11.3 Å². The summed E-state index contributed by atoms with van der Waals surface area (Å²) in [6, 6.07) is 12.6. The molecule has 2 aliphatic rings. The first-order chi connectivity index (χ1) is 16.0. The topological polar surface area (TPSA) is 105 Å². The SMILES string of the molecule is CC1CC(C)(C)CC2(C1)NC(=O)N(CC(=O)OC(C)C(=O)Nc1cccc3ccccc13)C2=O. The minimum atomic E-state index is -1.10. The summed E-state index contributed by atoms with van der Waals surface area (Å²) < 4.78 is 5.27. The van der Waals surface area contributed by atoms with Crippen LogP contribution in [0.4, 0.5) is 10.5 Å². The molecule has 8 heteroatoms. The number of carbonyl (C=O) groups is 4. The molecule has 1 saturated carbocycles. The van der Waals surface area contributed by atoms with Gasteiger partial charge in [-0.1, -0.05) is 57.2 Å². The third-order valence-corrected chi connectivity index (χ3v) is 6.64. The molecule has 180 valence electrons. The average molecular weight is 466 g/mol. The van der Waals surface area contributed by atoms with Gasteiger partial charge >= 0.3 is 12.0 Å². The smallest absolute Gasteiger partial charge is 0.327 e. The first kappa shape index (κ1) is 23.7. The van der Waals surface area contributed by atoms with Gasteiger partial charge in [-0.25, -0.2) is 4.79 Å². The summed E-state index contributed by atoms with van der Waals surface area (Å²) in [5, 5.41) is 7.46. The molecular weight excluding hydrogens is 434 g/mol. The zero-order valence-electron chi connectivity index (χ0n) is 20.0. The lowest BCUT2D eigenvalue weighted by atomic mass is 9.64. The molecule has 1 saturated heterocycles. The molecule has 3 unspecified atom stereocenters. The number of fused-ring (bicyclic) bond motifs is 1. The Kier molecular flexibility index (Phi) is 6.10. The second-order valence-electron chi connectivity index (χ2n) is 10.4. The van der Waals surface area contributed by atoms with E-state index in [1.54, 1.807) is 6.07 Å². The molecule has 0 bridgehead atoms. The van der Waals surface area contributed by atoms with Crippen LogP contribution < -0.4 is 10.6 Å². The van der Waals surface area contributed by atoms with E-state index in [1.807, 2.05) is 36.4 Å². The van der Waals surface area contributed by atoms with Crippen LogP contribution in [0, 0.1) is 11.3 Å². The number of urea groups is 1. The molecule has 0 radical (unpaired) electrons. The molecule has 8 nitrogen and oxygen atoms in total. The van der Waals surface area contributed by atoms with Gasteiger partial charge in [-0.3, -0.25) is 19.3 Å². The lowest BCUT2D eigenvalue weighted by Crippen LogP contribution is -2.54. The van der Waals surface area contributed by atoms with Gasteiger partial charge in [0, 0.05) is 11.1 Å². The van der Waals surface area contributed by atoms with E-state index in [4.69, 9.17) is 4.74 Å². The minimum Gasteiger partial charge on any atom is -0.451 e. The Hall–Kier alpha value is -3.42. The number of nitrogens with zero attached hydrogens (tertiary/aromatic N) is 1. The second-order valence-corrected chi connectivity index (χ2v) is 10.4. The van der Waals surface area contributed by atoms with E-state index < -0.39 is 42.0 Å². The summed E-state index contributed by atoms with van der Waals surface area (Å²) in [6.07, 6.45) is 0.916. The van der Waals surface area contributed by atoms with Gasteiger partial charge in [-0.2, -0.15) is 0 Å². The van der Waals surface area contributed by atoms with Crippen LogP contribution in [0.2, 0.25) is 0 Å². The van der Waals surface area contributed by atoms with Crippen molar-refractivity contribution in [3.8, 4) is 0 Å². The maximum Gasteiger partial charge on any atom is 0.327 e. The van der Waals surface area contributed by atoms with Gasteiger partial charge in [0.05, 0.1) is 0 Å². The zero-order chi connectivity index (χ0) is 24.7. The summed E-state index contributed by atoms with van der Waals surface area (Å²) in [7, 11) is 0. The molecule has 2 aromatic rings. The highest BCUT2D eigenvalue weighted by atomic mass is 16.5. The number of nitrogens with one attached hydrogen (secondary N) is 2. The van der Waals surface area contributed by atoms with Crippen molar-refractivity contribution in [2.75, 3.05) is 11.9 Å². The Balaban J connectivity index is 1.39. The van der Waals surface area contributed by atoms with Gasteiger partial charge in [0.2, 0.25) is 0 Å². The normalized spacial score (nSPS) is 24.7. The summed E-state index contributed by atoms with van der Waals surface area (Å²) in [4.78, 5) is 51.9. The highest BCUT2D eigenvalue weighted by Crippen LogP contribution is 2.46. The van der Waals surface area contributed by atoms with E-state index >= 15 is 0 Å². The van der Waals surface area contributed by atoms with Crippen LogP contribution in [0.3, 0.4) is 0 Å². The number of carbonyl (C=O) groups excluding carboxylic acids is 4. The van der Waals surface area contributed by atoms with Crippen molar-refractivity contribution in [2.45, 2.75) is 58.6 Å². The van der Waals surface area contributed by atoms with Crippen molar-refractivity contribution in [1.82, 2.24) is 10.2 Å². The molecule has 3 atom stereocenters. The highest BCUT2D eigenvalue weighted by Gasteiger charge is 2.56. The summed E-state index contributed by atoms with van der Waals surface area (Å²) >= 11 is 0. The molecule has 4 rings (SSSR count). The van der Waals surface area contributed by atoms with Crippen LogP contribution in [-0.4, -0.2) is 46.9 Å². The van der Waals surface area contributed by atoms with Crippen molar-refractivity contribution >= 4 is 40.3 Å². The van der Waals surface area contributed by atoms with Crippen molar-refractivity contribution in [3.63, 3.8) is 0 Å². The van der Waals surface area contributed by atoms with E-state index in [2.05, 4.69) is 31.4 Å². The average Bonchev–Trinajstić information content (AvgIpc) is 2.95. The van der Waals surface area contributed by atoms with Crippen LogP contribution in [0.25, 0.3) is 10.8 Å². The van der Waals surface area contributed by atoms with Crippen LogP contribution in [0.5, 0.6) is 0 Å². The fourth-order valence-corrected chi connectivity index (χ4v) is 5.64. The molecular formula is C26H31N3O5. The molecule has 2 N–H and O–H groups in total. The number of hydrogen-bond acceptors (Lipinski definition) is 5. The molecule has 4 amide bonds. The van der Waals surface area contributed by atoms with Crippen LogP contribution in [0.15, 0.2) is 42.5 Å². The fourth-order valence-electron chi connectivity index (χ4n) is 5.64. The Labute approximate surface area is 199 Å². The van der Waals surface area contributed by atoms with Crippen molar-refractivity contribution < 1.29 is 23.9 Å². The largest absolute Gasteiger partial charge is 0.451 e. The number of hydrogen-bond donors (Lipinski definition) is 2. The number of benzene rings is 2. The molecule has 1 aliphatic carbocycles. The third-order valence-electron chi connectivity index (χ3n) is 6.64. The Morgan fingerprint density at radius 3 is 2.59 bits per heavy atom. The number of ether oxygens (including phenoxy) is 1. The van der Waals surface area contributed by atoms with Gasteiger partial charge in [0.15, 0.2) is 6.10 Å². The summed E-state index contributed by atoms with van der Waals surface area (Å²) in [5.74, 6) is -1.45. The van der Waals surface area contributed by atoms with Crippen LogP contribution >= 0.6 is 0 Å². The van der Waals surface area contributed by atoms with E-state index in [9.17, 15) is 19.2 Å². The standard InChI is InChI=1S/C26H31N3O5/c1-16-12-25(3,4)15-26(13-16)23(32)29(24(33)28-26)14-21(30)34-17(2)22(31)27-20-11-7-9-18-8-5-6-10-19(18)20/h5-11,16-17H,12-15H2,1-4H3,(H,27,31)(H,28,33). The predicted octanol–water partition coefficient (Wildman–Crippen LogP) is 3.85. The summed E-state index contributed by atoms with van der Waals surface area (Å²) in [6.45, 7) is 7.15. The Morgan fingerprint density at radius 1 is 1.15 bits per heavy atom. The van der Waals surface area contributed by atoms with Crippen molar-refractivity contribution in [1.29, 1.82) is 0 Å². The van der Waals surface area contributed by atoms with Gasteiger partial charge in [0.1, 0.15) is 12.1 Å². The fraction of sp³-hybridized carbons (Fsp3) is 0.462. The quantitative estimate of drug-likeness (QED) is 0.516. The van der Waals surface area contributed by atoms with Crippen LogP contribution in [0.1, 0.15) is 47.0 Å². The maximum atomic E-state index is 13.2. The first-order valence-electron chi connectivity index (χ1n) is 11.6. The lowest BCUT2D eigenvalue weighted by molar-refractivity contribution is -0.155. The molecule has 0 aromatic heterocycles. The predicted molar refractivity (Wildman–Crippen MR) is 128 cm³/mol. The second kappa shape index (κ2) is 8.74. The number of imide groups is 1. The minimum absolute atomic E-state index is 0.106. The molecule has 34 heavy (non-hydrogen) atoms. The first-order valence-corrected chi connectivity index (χ1v) is 11.6. The monoisotopic (exact) mass is 465 g/mol. The number of esters is 1. The van der Waals surface area contributed by atoms with Gasteiger partial charge in [-0.05, 0) is 49.0 Å². The molecule has 2 fully saturated rings. The molecule has 1 aliphatic heterocycles. The van der Waals surface area contributed by atoms with E-state index in [0.29, 0.717) is 18.5 Å². The van der Waals surface area contributed by atoms with Gasteiger partial charge < -0.3 is 15.4 Å². The Bertz CT molecular complexity index is 1150. The molecule has 1 spiro atoms.